The van der Waals surface area contributed by atoms with Crippen molar-refractivity contribution in [1.82, 2.24) is 4.98 Å². The van der Waals surface area contributed by atoms with E-state index in [2.05, 4.69) is 20.9 Å². The maximum atomic E-state index is 10.9. The van der Waals surface area contributed by atoms with Crippen LogP contribution in [0, 0.1) is 0 Å². The molecule has 1 aromatic heterocycles. The van der Waals surface area contributed by atoms with Crippen molar-refractivity contribution in [3.8, 4) is 5.75 Å². The monoisotopic (exact) mass is 306 g/mol. The van der Waals surface area contributed by atoms with Gasteiger partial charge in [0, 0.05) is 28.0 Å². The van der Waals surface area contributed by atoms with Gasteiger partial charge in [0.1, 0.15) is 12.4 Å². The normalized spacial score (nSPS) is 10.1. The number of ether oxygens (including phenoxy) is 1. The summed E-state index contributed by atoms with van der Waals surface area (Å²) in [5, 5.41) is 0. The van der Waals surface area contributed by atoms with Gasteiger partial charge in [-0.3, -0.25) is 9.78 Å². The third kappa shape index (κ3) is 3.30. The molecule has 0 fully saturated rings. The number of carbonyl (C=O) groups excluding carboxylic acids is 1. The maximum Gasteiger partial charge on any atom is 0.248 e. The predicted octanol–water partition coefficient (Wildman–Crippen LogP) is 2.52. The summed E-state index contributed by atoms with van der Waals surface area (Å²) in [4.78, 5) is 14.9. The van der Waals surface area contributed by atoms with Crippen LogP contribution in [0.5, 0.6) is 5.75 Å². The van der Waals surface area contributed by atoms with Gasteiger partial charge in [0.25, 0.3) is 0 Å². The van der Waals surface area contributed by atoms with Crippen LogP contribution in [0.1, 0.15) is 15.9 Å². The number of halogens is 1. The first-order valence-electron chi connectivity index (χ1n) is 5.27. The third-order valence-electron chi connectivity index (χ3n) is 2.31. The Morgan fingerprint density at radius 2 is 2.00 bits per heavy atom. The van der Waals surface area contributed by atoms with E-state index >= 15 is 0 Å². The molecule has 0 bridgehead atoms. The molecule has 0 saturated carbocycles. The van der Waals surface area contributed by atoms with E-state index in [-0.39, 0.29) is 0 Å². The lowest BCUT2D eigenvalue weighted by molar-refractivity contribution is 0.100. The molecule has 2 aromatic rings. The molecule has 0 saturated heterocycles. The molecular weight excluding hydrogens is 296 g/mol. The second kappa shape index (κ2) is 5.64. The largest absolute Gasteiger partial charge is 0.489 e. The zero-order valence-corrected chi connectivity index (χ0v) is 11.1. The fourth-order valence-corrected chi connectivity index (χ4v) is 1.83. The topological polar surface area (TPSA) is 65.2 Å². The number of aromatic nitrogens is 1. The fourth-order valence-electron chi connectivity index (χ4n) is 1.42. The van der Waals surface area contributed by atoms with Crippen LogP contribution in [0.2, 0.25) is 0 Å². The van der Waals surface area contributed by atoms with E-state index < -0.39 is 5.91 Å². The van der Waals surface area contributed by atoms with Gasteiger partial charge >= 0.3 is 0 Å². The summed E-state index contributed by atoms with van der Waals surface area (Å²) < 4.78 is 6.48. The zero-order chi connectivity index (χ0) is 13.0. The Hall–Kier alpha value is -1.88. The van der Waals surface area contributed by atoms with E-state index in [0.717, 1.165) is 10.0 Å². The first-order valence-corrected chi connectivity index (χ1v) is 6.06. The van der Waals surface area contributed by atoms with E-state index in [1.54, 1.807) is 36.7 Å². The van der Waals surface area contributed by atoms with Crippen molar-refractivity contribution < 1.29 is 9.53 Å². The van der Waals surface area contributed by atoms with E-state index in [9.17, 15) is 4.79 Å². The Labute approximate surface area is 113 Å². The number of nitrogens with two attached hydrogens (primary N) is 1. The van der Waals surface area contributed by atoms with Crippen LogP contribution in [0.3, 0.4) is 0 Å². The lowest BCUT2D eigenvalue weighted by Gasteiger charge is -2.06. The second-order valence-corrected chi connectivity index (χ2v) is 4.60. The van der Waals surface area contributed by atoms with Crippen LogP contribution in [-0.2, 0) is 6.61 Å². The molecule has 0 unspecified atom stereocenters. The molecule has 4 nitrogen and oxygen atoms in total. The van der Waals surface area contributed by atoms with Crippen molar-refractivity contribution in [2.45, 2.75) is 6.61 Å². The Balaban J connectivity index is 2.00. The quantitative estimate of drug-likeness (QED) is 0.944. The minimum Gasteiger partial charge on any atom is -0.489 e. The molecule has 0 aliphatic heterocycles. The molecule has 0 atom stereocenters. The summed E-state index contributed by atoms with van der Waals surface area (Å²) in [6, 6.07) is 8.63. The van der Waals surface area contributed by atoms with Gasteiger partial charge in [-0.15, -0.1) is 0 Å². The van der Waals surface area contributed by atoms with E-state index in [1.807, 2.05) is 6.07 Å². The molecule has 1 amide bonds. The van der Waals surface area contributed by atoms with Gasteiger partial charge in [-0.25, -0.2) is 0 Å². The summed E-state index contributed by atoms with van der Waals surface area (Å²) in [6.07, 6.45) is 3.45. The highest BCUT2D eigenvalue weighted by atomic mass is 79.9. The van der Waals surface area contributed by atoms with Crippen LogP contribution in [0.25, 0.3) is 0 Å². The van der Waals surface area contributed by atoms with Crippen molar-refractivity contribution in [1.29, 1.82) is 0 Å². The van der Waals surface area contributed by atoms with Gasteiger partial charge in [0.2, 0.25) is 5.91 Å². The molecule has 1 aromatic carbocycles. The first-order chi connectivity index (χ1) is 8.65. The number of amides is 1. The molecule has 0 aliphatic carbocycles. The van der Waals surface area contributed by atoms with Gasteiger partial charge in [0.15, 0.2) is 0 Å². The van der Waals surface area contributed by atoms with Crippen molar-refractivity contribution in [2.24, 2.45) is 5.73 Å². The van der Waals surface area contributed by atoms with E-state index in [1.165, 1.54) is 0 Å². The lowest BCUT2D eigenvalue weighted by atomic mass is 10.2. The Morgan fingerprint density at radius 1 is 1.28 bits per heavy atom. The highest BCUT2D eigenvalue weighted by Gasteiger charge is 2.01. The van der Waals surface area contributed by atoms with Gasteiger partial charge < -0.3 is 10.5 Å². The summed E-state index contributed by atoms with van der Waals surface area (Å²) >= 11 is 3.34. The minimum absolute atomic E-state index is 0.419. The zero-order valence-electron chi connectivity index (χ0n) is 9.47. The Bertz CT molecular complexity index is 555. The second-order valence-electron chi connectivity index (χ2n) is 3.69. The van der Waals surface area contributed by atoms with Crippen molar-refractivity contribution in [2.75, 3.05) is 0 Å². The number of nitrogens with zero attached hydrogens (tertiary/aromatic N) is 1. The molecule has 5 heteroatoms. The number of carbonyl (C=O) groups is 1. The lowest BCUT2D eigenvalue weighted by Crippen LogP contribution is -2.10. The van der Waals surface area contributed by atoms with Crippen LogP contribution in [0.4, 0.5) is 0 Å². The SMILES string of the molecule is NC(=O)c1ccc(OCc2cncc(Br)c2)cc1. The number of hydrogen-bond acceptors (Lipinski definition) is 3. The van der Waals surface area contributed by atoms with Crippen LogP contribution >= 0.6 is 15.9 Å². The molecule has 0 radical (unpaired) electrons. The third-order valence-corrected chi connectivity index (χ3v) is 2.74. The molecule has 1 heterocycles. The van der Waals surface area contributed by atoms with Crippen LogP contribution in [-0.4, -0.2) is 10.9 Å². The standard InChI is InChI=1S/C13H11BrN2O2/c14-11-5-9(6-16-7-11)8-18-12-3-1-10(2-4-12)13(15)17/h1-7H,8H2,(H2,15,17). The smallest absolute Gasteiger partial charge is 0.248 e. The highest BCUT2D eigenvalue weighted by Crippen LogP contribution is 2.15. The number of rotatable bonds is 4. The number of hydrogen-bond donors (Lipinski definition) is 1. The Kier molecular flexibility index (Phi) is 3.94. The maximum absolute atomic E-state index is 10.9. The van der Waals surface area contributed by atoms with Gasteiger partial charge in [0.05, 0.1) is 0 Å². The number of pyridine rings is 1. The average Bonchev–Trinajstić information content (AvgIpc) is 2.37. The van der Waals surface area contributed by atoms with Crippen molar-refractivity contribution in [3.63, 3.8) is 0 Å². The molecular formula is C13H11BrN2O2. The van der Waals surface area contributed by atoms with Crippen LogP contribution < -0.4 is 10.5 Å². The predicted molar refractivity (Wildman–Crippen MR) is 71.2 cm³/mol. The van der Waals surface area contributed by atoms with E-state index in [0.29, 0.717) is 17.9 Å². The number of benzene rings is 1. The molecule has 2 rings (SSSR count). The van der Waals surface area contributed by atoms with Gasteiger partial charge in [-0.2, -0.15) is 0 Å². The van der Waals surface area contributed by atoms with Crippen molar-refractivity contribution >= 4 is 21.8 Å². The summed E-state index contributed by atoms with van der Waals surface area (Å²) in [5.41, 5.74) is 6.58. The molecule has 18 heavy (non-hydrogen) atoms. The summed E-state index contributed by atoms with van der Waals surface area (Å²) in [5.74, 6) is 0.234. The first kappa shape index (κ1) is 12.6. The van der Waals surface area contributed by atoms with Gasteiger partial charge in [-0.1, -0.05) is 0 Å². The van der Waals surface area contributed by atoms with Crippen LogP contribution in [0.15, 0.2) is 47.2 Å². The summed E-state index contributed by atoms with van der Waals surface area (Å²) in [6.45, 7) is 0.419. The summed E-state index contributed by atoms with van der Waals surface area (Å²) in [7, 11) is 0. The molecule has 2 N–H and O–H groups in total. The molecule has 0 aliphatic rings. The highest BCUT2D eigenvalue weighted by molar-refractivity contribution is 9.10. The van der Waals surface area contributed by atoms with Gasteiger partial charge in [-0.05, 0) is 46.3 Å². The fraction of sp³-hybridized carbons (Fsp3) is 0.0769. The van der Waals surface area contributed by atoms with Crippen molar-refractivity contribution in [3.05, 3.63) is 58.3 Å². The minimum atomic E-state index is -0.447. The van der Waals surface area contributed by atoms with E-state index in [4.69, 9.17) is 10.5 Å². The average molecular weight is 307 g/mol. The Morgan fingerprint density at radius 3 is 2.61 bits per heavy atom. The number of primary amides is 1. The molecule has 92 valence electrons. The molecule has 0 spiro atoms.